The monoisotopic (exact) mass is 424 g/mol. The van der Waals surface area contributed by atoms with Gasteiger partial charge < -0.3 is 10.2 Å². The molecule has 1 heterocycles. The molecule has 5 heteroatoms. The molecule has 0 fully saturated rings. The standard InChI is InChI=1S/C27H21FN2O2/c28-22-13-10-19(11-14-22)27(32)30-16-4-7-20-17-21(12-15-25(20)30)26(31)29-24-9-3-6-18-5-1-2-8-23(18)24/h1-3,5-6,8-15,17H,4,7,16H2,(H,29,31). The normalized spacial score (nSPS) is 13.0. The van der Waals surface area contributed by atoms with Crippen molar-refractivity contribution in [3.8, 4) is 0 Å². The topological polar surface area (TPSA) is 49.4 Å². The van der Waals surface area contributed by atoms with Crippen molar-refractivity contribution in [1.29, 1.82) is 0 Å². The summed E-state index contributed by atoms with van der Waals surface area (Å²) in [5, 5.41) is 5.06. The Kier molecular flexibility index (Phi) is 5.15. The summed E-state index contributed by atoms with van der Waals surface area (Å²) in [6.07, 6.45) is 1.59. The smallest absolute Gasteiger partial charge is 0.258 e. The Labute approximate surface area is 185 Å². The third-order valence-corrected chi connectivity index (χ3v) is 5.83. The molecule has 0 unspecified atom stereocenters. The Morgan fingerprint density at radius 1 is 0.844 bits per heavy atom. The SMILES string of the molecule is O=C(Nc1cccc2ccccc12)c1ccc2c(c1)CCCN2C(=O)c1ccc(F)cc1. The van der Waals surface area contributed by atoms with Gasteiger partial charge in [0.2, 0.25) is 0 Å². The predicted octanol–water partition coefficient (Wildman–Crippen LogP) is 5.82. The maximum atomic E-state index is 13.2. The molecule has 0 spiro atoms. The summed E-state index contributed by atoms with van der Waals surface area (Å²) in [7, 11) is 0. The van der Waals surface area contributed by atoms with Gasteiger partial charge in [0.1, 0.15) is 5.82 Å². The van der Waals surface area contributed by atoms with Crippen molar-refractivity contribution < 1.29 is 14.0 Å². The summed E-state index contributed by atoms with van der Waals surface area (Å²) >= 11 is 0. The number of nitrogens with one attached hydrogen (secondary N) is 1. The first kappa shape index (κ1) is 19.9. The second kappa shape index (κ2) is 8.27. The molecule has 0 bridgehead atoms. The van der Waals surface area contributed by atoms with Crippen molar-refractivity contribution in [2.45, 2.75) is 12.8 Å². The van der Waals surface area contributed by atoms with Crippen molar-refractivity contribution >= 4 is 34.0 Å². The highest BCUT2D eigenvalue weighted by atomic mass is 19.1. The number of anilines is 2. The second-order valence-corrected chi connectivity index (χ2v) is 7.89. The number of carbonyl (C=O) groups is 2. The molecule has 0 atom stereocenters. The van der Waals surface area contributed by atoms with Crippen LogP contribution in [0.3, 0.4) is 0 Å². The summed E-state index contributed by atoms with van der Waals surface area (Å²) in [6, 6.07) is 24.7. The van der Waals surface area contributed by atoms with Crippen molar-refractivity contribution in [3.05, 3.63) is 107 Å². The molecule has 0 aromatic heterocycles. The number of rotatable bonds is 3. The van der Waals surface area contributed by atoms with Crippen molar-refractivity contribution in [1.82, 2.24) is 0 Å². The van der Waals surface area contributed by atoms with Gasteiger partial charge in [-0.05, 0) is 72.3 Å². The van der Waals surface area contributed by atoms with Gasteiger partial charge >= 0.3 is 0 Å². The third-order valence-electron chi connectivity index (χ3n) is 5.83. The number of hydrogen-bond donors (Lipinski definition) is 1. The lowest BCUT2D eigenvalue weighted by molar-refractivity contribution is 0.0984. The summed E-state index contributed by atoms with van der Waals surface area (Å²) in [5.41, 5.74) is 3.51. The van der Waals surface area contributed by atoms with Gasteiger partial charge in [0.05, 0.1) is 0 Å². The minimum atomic E-state index is -0.373. The number of amides is 2. The zero-order chi connectivity index (χ0) is 22.1. The van der Waals surface area contributed by atoms with E-state index in [0.29, 0.717) is 17.7 Å². The molecule has 4 aromatic carbocycles. The molecule has 2 amide bonds. The molecular formula is C27H21FN2O2. The van der Waals surface area contributed by atoms with E-state index in [1.54, 1.807) is 11.0 Å². The van der Waals surface area contributed by atoms with Crippen LogP contribution in [-0.2, 0) is 6.42 Å². The molecule has 0 saturated heterocycles. The lowest BCUT2D eigenvalue weighted by Gasteiger charge is -2.30. The molecule has 0 saturated carbocycles. The van der Waals surface area contributed by atoms with E-state index in [4.69, 9.17) is 0 Å². The Bertz CT molecular complexity index is 1330. The highest BCUT2D eigenvalue weighted by molar-refractivity contribution is 6.10. The van der Waals surface area contributed by atoms with E-state index in [0.717, 1.165) is 40.6 Å². The van der Waals surface area contributed by atoms with Crippen LogP contribution in [0.25, 0.3) is 10.8 Å². The molecule has 1 aliphatic rings. The van der Waals surface area contributed by atoms with Crippen LogP contribution in [0.4, 0.5) is 15.8 Å². The van der Waals surface area contributed by atoms with Crippen LogP contribution >= 0.6 is 0 Å². The molecular weight excluding hydrogens is 403 g/mol. The number of nitrogens with zero attached hydrogens (tertiary/aromatic N) is 1. The van der Waals surface area contributed by atoms with Gasteiger partial charge in [-0.15, -0.1) is 0 Å². The Morgan fingerprint density at radius 2 is 1.59 bits per heavy atom. The van der Waals surface area contributed by atoms with E-state index in [9.17, 15) is 14.0 Å². The average Bonchev–Trinajstić information content (AvgIpc) is 2.83. The summed E-state index contributed by atoms with van der Waals surface area (Å²) in [6.45, 7) is 0.588. The minimum Gasteiger partial charge on any atom is -0.321 e. The summed E-state index contributed by atoms with van der Waals surface area (Å²) in [5.74, 6) is -0.729. The highest BCUT2D eigenvalue weighted by Gasteiger charge is 2.24. The molecule has 4 aromatic rings. The summed E-state index contributed by atoms with van der Waals surface area (Å²) < 4.78 is 13.2. The maximum absolute atomic E-state index is 13.2. The zero-order valence-corrected chi connectivity index (χ0v) is 17.3. The van der Waals surface area contributed by atoms with E-state index >= 15 is 0 Å². The summed E-state index contributed by atoms with van der Waals surface area (Å²) in [4.78, 5) is 27.7. The van der Waals surface area contributed by atoms with Gasteiger partial charge in [0.25, 0.3) is 11.8 Å². The fourth-order valence-electron chi connectivity index (χ4n) is 4.23. The number of benzene rings is 4. The number of halogens is 1. The Hall–Kier alpha value is -3.99. The van der Waals surface area contributed by atoms with Gasteiger partial charge in [0.15, 0.2) is 0 Å². The highest BCUT2D eigenvalue weighted by Crippen LogP contribution is 2.30. The first-order chi connectivity index (χ1) is 15.6. The predicted molar refractivity (Wildman–Crippen MR) is 125 cm³/mol. The van der Waals surface area contributed by atoms with Crippen LogP contribution in [0.15, 0.2) is 84.9 Å². The maximum Gasteiger partial charge on any atom is 0.258 e. The average molecular weight is 424 g/mol. The molecule has 32 heavy (non-hydrogen) atoms. The van der Waals surface area contributed by atoms with Gasteiger partial charge in [-0.25, -0.2) is 4.39 Å². The van der Waals surface area contributed by atoms with Gasteiger partial charge in [-0.2, -0.15) is 0 Å². The number of aryl methyl sites for hydroxylation is 1. The van der Waals surface area contributed by atoms with Crippen LogP contribution in [0.2, 0.25) is 0 Å². The van der Waals surface area contributed by atoms with E-state index in [1.807, 2.05) is 54.6 Å². The lowest BCUT2D eigenvalue weighted by Crippen LogP contribution is -2.35. The van der Waals surface area contributed by atoms with Crippen LogP contribution in [0.5, 0.6) is 0 Å². The first-order valence-corrected chi connectivity index (χ1v) is 10.6. The molecule has 0 radical (unpaired) electrons. The van der Waals surface area contributed by atoms with Crippen molar-refractivity contribution in [2.24, 2.45) is 0 Å². The van der Waals surface area contributed by atoms with E-state index in [2.05, 4.69) is 5.32 Å². The van der Waals surface area contributed by atoms with Gasteiger partial charge in [-0.3, -0.25) is 9.59 Å². The quantitative estimate of drug-likeness (QED) is 0.450. The molecule has 5 rings (SSSR count). The number of carbonyl (C=O) groups excluding carboxylic acids is 2. The van der Waals surface area contributed by atoms with Crippen LogP contribution in [0.1, 0.15) is 32.7 Å². The fourth-order valence-corrected chi connectivity index (χ4v) is 4.23. The van der Waals surface area contributed by atoms with Crippen LogP contribution in [0, 0.1) is 5.82 Å². The van der Waals surface area contributed by atoms with E-state index in [1.165, 1.54) is 24.3 Å². The van der Waals surface area contributed by atoms with Gasteiger partial charge in [0, 0.05) is 34.4 Å². The largest absolute Gasteiger partial charge is 0.321 e. The Balaban J connectivity index is 1.41. The first-order valence-electron chi connectivity index (χ1n) is 10.6. The Morgan fingerprint density at radius 3 is 2.44 bits per heavy atom. The van der Waals surface area contributed by atoms with Crippen molar-refractivity contribution in [3.63, 3.8) is 0 Å². The number of hydrogen-bond acceptors (Lipinski definition) is 2. The molecule has 1 aliphatic heterocycles. The molecule has 158 valence electrons. The molecule has 0 aliphatic carbocycles. The molecule has 1 N–H and O–H groups in total. The zero-order valence-electron chi connectivity index (χ0n) is 17.3. The van der Waals surface area contributed by atoms with E-state index in [-0.39, 0.29) is 17.6 Å². The van der Waals surface area contributed by atoms with Crippen LogP contribution < -0.4 is 10.2 Å². The second-order valence-electron chi connectivity index (χ2n) is 7.89. The van der Waals surface area contributed by atoms with E-state index < -0.39 is 0 Å². The van der Waals surface area contributed by atoms with Gasteiger partial charge in [-0.1, -0.05) is 36.4 Å². The minimum absolute atomic E-state index is 0.168. The third kappa shape index (κ3) is 3.73. The molecule has 4 nitrogen and oxygen atoms in total. The van der Waals surface area contributed by atoms with Crippen molar-refractivity contribution in [2.75, 3.05) is 16.8 Å². The lowest BCUT2D eigenvalue weighted by atomic mass is 9.98. The van der Waals surface area contributed by atoms with Crippen LogP contribution in [-0.4, -0.2) is 18.4 Å². The fraction of sp³-hybridized carbons (Fsp3) is 0.111. The number of fused-ring (bicyclic) bond motifs is 2.